The molecule has 1 unspecified atom stereocenters. The van der Waals surface area contributed by atoms with Gasteiger partial charge in [0.1, 0.15) is 5.37 Å². The number of thioether (sulfide) groups is 1. The van der Waals surface area contributed by atoms with Crippen molar-refractivity contribution in [1.82, 2.24) is 0 Å². The summed E-state index contributed by atoms with van der Waals surface area (Å²) in [5, 5.41) is 6.05. The lowest BCUT2D eigenvalue weighted by Crippen LogP contribution is -1.97. The molecule has 1 aromatic carbocycles. The summed E-state index contributed by atoms with van der Waals surface area (Å²) < 4.78 is 0. The van der Waals surface area contributed by atoms with Crippen LogP contribution >= 0.6 is 23.1 Å². The van der Waals surface area contributed by atoms with Gasteiger partial charge in [-0.25, -0.2) is 0 Å². The fourth-order valence-corrected chi connectivity index (χ4v) is 3.57. The van der Waals surface area contributed by atoms with Gasteiger partial charge in [0.25, 0.3) is 0 Å². The first-order chi connectivity index (χ1) is 6.93. The molecule has 1 N–H and O–H groups in total. The number of para-hydroxylation sites is 1. The van der Waals surface area contributed by atoms with Crippen molar-refractivity contribution in [2.45, 2.75) is 10.3 Å². The van der Waals surface area contributed by atoms with Crippen LogP contribution in [0.1, 0.15) is 10.3 Å². The molecule has 0 fully saturated rings. The molecule has 14 heavy (non-hydrogen) atoms. The second-order valence-electron chi connectivity index (χ2n) is 3.15. The number of hydrogen-bond donors (Lipinski definition) is 1. The molecule has 1 atom stereocenters. The van der Waals surface area contributed by atoms with Crippen LogP contribution in [0, 0.1) is 0 Å². The van der Waals surface area contributed by atoms with Crippen molar-refractivity contribution in [3.63, 3.8) is 0 Å². The summed E-state index contributed by atoms with van der Waals surface area (Å²) in [6.07, 6.45) is 0. The summed E-state index contributed by atoms with van der Waals surface area (Å²) in [6.45, 7) is 0. The van der Waals surface area contributed by atoms with E-state index in [1.54, 1.807) is 0 Å². The quantitative estimate of drug-likeness (QED) is 0.779. The summed E-state index contributed by atoms with van der Waals surface area (Å²) in [6, 6.07) is 12.7. The highest BCUT2D eigenvalue weighted by Gasteiger charge is 2.22. The summed E-state index contributed by atoms with van der Waals surface area (Å²) >= 11 is 3.70. The maximum absolute atomic E-state index is 3.51. The minimum absolute atomic E-state index is 0.410. The summed E-state index contributed by atoms with van der Waals surface area (Å²) in [5.74, 6) is 0. The first-order valence-electron chi connectivity index (χ1n) is 4.49. The molecule has 1 aromatic heterocycles. The zero-order chi connectivity index (χ0) is 9.38. The molecular weight excluding hydrogens is 210 g/mol. The number of fused-ring (bicyclic) bond motifs is 1. The number of anilines is 1. The zero-order valence-electron chi connectivity index (χ0n) is 7.44. The maximum Gasteiger partial charge on any atom is 0.112 e. The van der Waals surface area contributed by atoms with E-state index in [1.807, 2.05) is 23.1 Å². The Balaban J connectivity index is 1.92. The standard InChI is InChI=1S/C11H9NS2/c1-2-5-9-8(4-1)12-11(14-9)10-6-3-7-13-10/h1-7,11-12H. The van der Waals surface area contributed by atoms with Gasteiger partial charge < -0.3 is 5.32 Å². The number of nitrogens with one attached hydrogen (secondary N) is 1. The van der Waals surface area contributed by atoms with Gasteiger partial charge in [-0.2, -0.15) is 0 Å². The van der Waals surface area contributed by atoms with Crippen LogP contribution in [0.5, 0.6) is 0 Å². The molecule has 2 heterocycles. The van der Waals surface area contributed by atoms with E-state index in [4.69, 9.17) is 0 Å². The first kappa shape index (κ1) is 8.38. The third-order valence-corrected chi connectivity index (χ3v) is 4.52. The number of hydrogen-bond acceptors (Lipinski definition) is 3. The number of thiophene rings is 1. The van der Waals surface area contributed by atoms with Crippen LogP contribution in [0.3, 0.4) is 0 Å². The highest BCUT2D eigenvalue weighted by atomic mass is 32.2. The predicted octanol–water partition coefficient (Wildman–Crippen LogP) is 3.96. The molecule has 0 aliphatic carbocycles. The zero-order valence-corrected chi connectivity index (χ0v) is 9.07. The lowest BCUT2D eigenvalue weighted by Gasteiger charge is -2.06. The van der Waals surface area contributed by atoms with Crippen LogP contribution in [0.25, 0.3) is 0 Å². The third kappa shape index (κ3) is 1.33. The van der Waals surface area contributed by atoms with Crippen molar-refractivity contribution >= 4 is 28.8 Å². The summed E-state index contributed by atoms with van der Waals surface area (Å²) in [5.41, 5.74) is 1.26. The molecule has 1 aliphatic heterocycles. The Morgan fingerprint density at radius 1 is 1.07 bits per heavy atom. The van der Waals surface area contributed by atoms with Gasteiger partial charge in [0.2, 0.25) is 0 Å². The monoisotopic (exact) mass is 219 g/mol. The summed E-state index contributed by atoms with van der Waals surface area (Å²) in [4.78, 5) is 2.75. The second kappa shape index (κ2) is 3.33. The Labute approximate surface area is 91.2 Å². The van der Waals surface area contributed by atoms with Crippen LogP contribution in [-0.2, 0) is 0 Å². The van der Waals surface area contributed by atoms with Gasteiger partial charge in [-0.3, -0.25) is 0 Å². The van der Waals surface area contributed by atoms with Crippen LogP contribution in [0.15, 0.2) is 46.7 Å². The van der Waals surface area contributed by atoms with Gasteiger partial charge in [-0.05, 0) is 23.6 Å². The Morgan fingerprint density at radius 2 is 2.00 bits per heavy atom. The van der Waals surface area contributed by atoms with E-state index in [2.05, 4.69) is 47.1 Å². The molecule has 0 saturated carbocycles. The molecule has 0 bridgehead atoms. The minimum atomic E-state index is 0.410. The molecule has 0 saturated heterocycles. The average molecular weight is 219 g/mol. The van der Waals surface area contributed by atoms with Gasteiger partial charge in [-0.15, -0.1) is 11.3 Å². The van der Waals surface area contributed by atoms with Crippen molar-refractivity contribution in [3.05, 3.63) is 46.7 Å². The Morgan fingerprint density at radius 3 is 2.79 bits per heavy atom. The second-order valence-corrected chi connectivity index (χ2v) is 5.28. The Hall–Kier alpha value is -0.930. The molecule has 0 amide bonds. The first-order valence-corrected chi connectivity index (χ1v) is 6.25. The van der Waals surface area contributed by atoms with Crippen LogP contribution in [0.4, 0.5) is 5.69 Å². The molecule has 2 aromatic rings. The molecule has 3 heteroatoms. The van der Waals surface area contributed by atoms with E-state index in [9.17, 15) is 0 Å². The van der Waals surface area contributed by atoms with Gasteiger partial charge in [-0.1, -0.05) is 30.0 Å². The van der Waals surface area contributed by atoms with E-state index in [-0.39, 0.29) is 0 Å². The normalized spacial score (nSPS) is 19.0. The van der Waals surface area contributed by atoms with Gasteiger partial charge in [0, 0.05) is 15.5 Å². The number of rotatable bonds is 1. The van der Waals surface area contributed by atoms with Crippen LogP contribution < -0.4 is 5.32 Å². The van der Waals surface area contributed by atoms with Crippen molar-refractivity contribution in [1.29, 1.82) is 0 Å². The van der Waals surface area contributed by atoms with E-state index < -0.39 is 0 Å². The van der Waals surface area contributed by atoms with Crippen LogP contribution in [-0.4, -0.2) is 0 Å². The smallest absolute Gasteiger partial charge is 0.112 e. The molecule has 1 nitrogen and oxygen atoms in total. The molecule has 3 rings (SSSR count). The molecule has 1 aliphatic rings. The predicted molar refractivity (Wildman–Crippen MR) is 63.0 cm³/mol. The SMILES string of the molecule is c1csc(C2Nc3ccccc3S2)c1. The Kier molecular flexibility index (Phi) is 2.00. The summed E-state index contributed by atoms with van der Waals surface area (Å²) in [7, 11) is 0. The van der Waals surface area contributed by atoms with Gasteiger partial charge in [0.15, 0.2) is 0 Å². The lowest BCUT2D eigenvalue weighted by atomic mass is 10.3. The highest BCUT2D eigenvalue weighted by molar-refractivity contribution is 8.00. The highest BCUT2D eigenvalue weighted by Crippen LogP contribution is 2.47. The van der Waals surface area contributed by atoms with Gasteiger partial charge >= 0.3 is 0 Å². The van der Waals surface area contributed by atoms with E-state index >= 15 is 0 Å². The minimum Gasteiger partial charge on any atom is -0.368 e. The van der Waals surface area contributed by atoms with E-state index in [1.165, 1.54) is 15.5 Å². The van der Waals surface area contributed by atoms with E-state index in [0.29, 0.717) is 5.37 Å². The molecular formula is C11H9NS2. The third-order valence-electron chi connectivity index (χ3n) is 2.22. The fourth-order valence-electron chi connectivity index (χ4n) is 1.56. The van der Waals surface area contributed by atoms with E-state index in [0.717, 1.165) is 0 Å². The van der Waals surface area contributed by atoms with Crippen molar-refractivity contribution < 1.29 is 0 Å². The topological polar surface area (TPSA) is 12.0 Å². The van der Waals surface area contributed by atoms with Crippen molar-refractivity contribution in [2.24, 2.45) is 0 Å². The fraction of sp³-hybridized carbons (Fsp3) is 0.0909. The van der Waals surface area contributed by atoms with Crippen molar-refractivity contribution in [2.75, 3.05) is 5.32 Å². The van der Waals surface area contributed by atoms with Gasteiger partial charge in [0.05, 0.1) is 0 Å². The average Bonchev–Trinajstić information content (AvgIpc) is 2.86. The number of benzene rings is 1. The molecule has 0 radical (unpaired) electrons. The molecule has 0 spiro atoms. The molecule has 70 valence electrons. The maximum atomic E-state index is 3.51. The Bertz CT molecular complexity index is 411. The van der Waals surface area contributed by atoms with Crippen LogP contribution in [0.2, 0.25) is 0 Å². The lowest BCUT2D eigenvalue weighted by molar-refractivity contribution is 1.18. The van der Waals surface area contributed by atoms with Crippen molar-refractivity contribution in [3.8, 4) is 0 Å². The largest absolute Gasteiger partial charge is 0.368 e.